The highest BCUT2D eigenvalue weighted by molar-refractivity contribution is 5.76. The molecule has 1 aromatic heterocycles. The number of pyridine rings is 1. The lowest BCUT2D eigenvalue weighted by Crippen LogP contribution is -1.99. The van der Waals surface area contributed by atoms with Gasteiger partial charge in [-0.3, -0.25) is 4.98 Å². The van der Waals surface area contributed by atoms with Gasteiger partial charge in [0, 0.05) is 28.2 Å². The molecule has 0 aliphatic rings. The van der Waals surface area contributed by atoms with Crippen LogP contribution in [0.2, 0.25) is 0 Å². The van der Waals surface area contributed by atoms with Crippen LogP contribution in [0.15, 0.2) is 30.3 Å². The van der Waals surface area contributed by atoms with Gasteiger partial charge in [0.05, 0.1) is 0 Å². The first-order chi connectivity index (χ1) is 13.3. The van der Waals surface area contributed by atoms with Crippen LogP contribution >= 0.6 is 0 Å². The summed E-state index contributed by atoms with van der Waals surface area (Å²) in [5, 5.41) is 0. The first kappa shape index (κ1) is 44.2. The summed E-state index contributed by atoms with van der Waals surface area (Å²) in [5.41, 5.74) is 8.11. The molecule has 0 saturated heterocycles. The Hall–Kier alpha value is -1.50. The highest BCUT2D eigenvalue weighted by Crippen LogP contribution is 2.20. The fraction of sp³-hybridized carbons (Fsp3) is 0.621. The molecule has 6 radical (unpaired) electrons. The van der Waals surface area contributed by atoms with Crippen molar-refractivity contribution in [2.75, 3.05) is 0 Å². The maximum absolute atomic E-state index is 4.59. The fourth-order valence-electron chi connectivity index (χ4n) is 2.90. The van der Waals surface area contributed by atoms with E-state index < -0.39 is 0 Å². The minimum absolute atomic E-state index is 0. The van der Waals surface area contributed by atoms with E-state index in [0.717, 1.165) is 12.8 Å². The predicted molar refractivity (Wildman–Crippen MR) is 155 cm³/mol. The van der Waals surface area contributed by atoms with Crippen LogP contribution in [0.1, 0.15) is 130 Å². The Kier molecular flexibility index (Phi) is 35.6. The van der Waals surface area contributed by atoms with Crippen LogP contribution in [0.25, 0.3) is 0 Å². The number of hydrogen-bond acceptors (Lipinski definition) is 1. The van der Waals surface area contributed by atoms with E-state index in [1.54, 1.807) is 0 Å². The Balaban J connectivity index is -0.0000000823. The number of aromatic nitrogens is 1. The maximum atomic E-state index is 4.59. The highest BCUT2D eigenvalue weighted by atomic mass is 14.7. The zero-order valence-corrected chi connectivity index (χ0v) is 22.1. The second-order valence-corrected chi connectivity index (χ2v) is 7.21. The summed E-state index contributed by atoms with van der Waals surface area (Å²) < 4.78 is 0. The minimum Gasteiger partial charge on any atom is -0.257 e. The second kappa shape index (κ2) is 25.8. The Bertz CT molecular complexity index is 592. The average molecular weight is 439 g/mol. The van der Waals surface area contributed by atoms with E-state index in [1.807, 2.05) is 27.7 Å². The molecular formula is C29H55B2N. The van der Waals surface area contributed by atoms with Crippen molar-refractivity contribution in [3.05, 3.63) is 64.0 Å². The van der Waals surface area contributed by atoms with Gasteiger partial charge < -0.3 is 0 Å². The van der Waals surface area contributed by atoms with Gasteiger partial charge in [0.25, 0.3) is 0 Å². The van der Waals surface area contributed by atoms with Crippen LogP contribution in [0.3, 0.4) is 0 Å². The quantitative estimate of drug-likeness (QED) is 0.433. The predicted octanol–water partition coefficient (Wildman–Crippen LogP) is 9.32. The van der Waals surface area contributed by atoms with Gasteiger partial charge in [0.15, 0.2) is 0 Å². The van der Waals surface area contributed by atoms with Crippen molar-refractivity contribution in [3.63, 3.8) is 0 Å². The number of benzene rings is 1. The van der Waals surface area contributed by atoms with E-state index in [2.05, 4.69) is 90.7 Å². The molecule has 0 saturated carbocycles. The summed E-state index contributed by atoms with van der Waals surface area (Å²) in [4.78, 5) is 4.59. The number of rotatable bonds is 4. The number of hydrogen-bond donors (Lipinski definition) is 0. The van der Waals surface area contributed by atoms with Crippen molar-refractivity contribution < 1.29 is 0 Å². The number of nitrogens with zero attached hydrogens (tertiary/aromatic N) is 1. The molecule has 0 unspecified atom stereocenters. The van der Waals surface area contributed by atoms with Crippen molar-refractivity contribution in [2.24, 2.45) is 0 Å². The van der Waals surface area contributed by atoms with E-state index in [-0.39, 0.29) is 31.7 Å². The molecule has 0 bridgehead atoms. The van der Waals surface area contributed by atoms with Crippen LogP contribution in [-0.4, -0.2) is 21.8 Å². The van der Waals surface area contributed by atoms with Crippen LogP contribution in [0, 0.1) is 13.8 Å². The van der Waals surface area contributed by atoms with E-state index in [1.165, 1.54) is 33.6 Å². The lowest BCUT2D eigenvalue weighted by atomic mass is 9.95. The molecule has 1 aromatic carbocycles. The molecule has 3 heteroatoms. The van der Waals surface area contributed by atoms with Gasteiger partial charge in [-0.25, -0.2) is 0 Å². The standard InChI is InChI=1S/C12H18.C11H17N.2C2H6.2CH4.2B/c1-5-11-7-6-10(4)12(8-11)9(2)3;1-5-10-7-6-9(4)11(12-10)8(2)3;2*1-2;;;;/h6-9H,5H2,1-4H3;6-8H,5H2,1-4H3;2*1-2H3;2*1H4;;. The molecular weight excluding hydrogens is 384 g/mol. The Labute approximate surface area is 208 Å². The average Bonchev–Trinajstić information content (AvgIpc) is 2.72. The first-order valence-electron chi connectivity index (χ1n) is 11.4. The third-order valence-electron chi connectivity index (χ3n) is 4.48. The van der Waals surface area contributed by atoms with Gasteiger partial charge >= 0.3 is 0 Å². The monoisotopic (exact) mass is 439 g/mol. The first-order valence-corrected chi connectivity index (χ1v) is 11.4. The summed E-state index contributed by atoms with van der Waals surface area (Å²) in [6, 6.07) is 11.1. The van der Waals surface area contributed by atoms with Crippen LogP contribution in [0.4, 0.5) is 0 Å². The summed E-state index contributed by atoms with van der Waals surface area (Å²) in [6.45, 7) is 25.5. The molecule has 32 heavy (non-hydrogen) atoms. The van der Waals surface area contributed by atoms with Crippen LogP contribution in [-0.2, 0) is 12.8 Å². The molecule has 0 aliphatic carbocycles. The lowest BCUT2D eigenvalue weighted by molar-refractivity contribution is 0.796. The Morgan fingerprint density at radius 2 is 1.16 bits per heavy atom. The molecule has 0 fully saturated rings. The molecule has 1 nitrogen and oxygen atoms in total. The van der Waals surface area contributed by atoms with Crippen LogP contribution in [0.5, 0.6) is 0 Å². The molecule has 1 heterocycles. The number of aryl methyl sites for hydroxylation is 4. The van der Waals surface area contributed by atoms with Crippen LogP contribution < -0.4 is 0 Å². The van der Waals surface area contributed by atoms with Gasteiger partial charge in [0.1, 0.15) is 0 Å². The molecule has 0 spiro atoms. The van der Waals surface area contributed by atoms with E-state index in [9.17, 15) is 0 Å². The van der Waals surface area contributed by atoms with Gasteiger partial charge in [-0.1, -0.05) is 108 Å². The van der Waals surface area contributed by atoms with E-state index in [0.29, 0.717) is 11.8 Å². The maximum Gasteiger partial charge on any atom is 0.0461 e. The molecule has 0 aliphatic heterocycles. The molecule has 0 N–H and O–H groups in total. The largest absolute Gasteiger partial charge is 0.257 e. The van der Waals surface area contributed by atoms with Crippen molar-refractivity contribution >= 4 is 16.8 Å². The van der Waals surface area contributed by atoms with Gasteiger partial charge in [0.2, 0.25) is 0 Å². The van der Waals surface area contributed by atoms with E-state index >= 15 is 0 Å². The van der Waals surface area contributed by atoms with Gasteiger partial charge in [-0.15, -0.1) is 0 Å². The Morgan fingerprint density at radius 1 is 0.688 bits per heavy atom. The van der Waals surface area contributed by atoms with Gasteiger partial charge in [-0.05, 0) is 66.8 Å². The van der Waals surface area contributed by atoms with Crippen molar-refractivity contribution in [2.45, 2.75) is 123 Å². The summed E-state index contributed by atoms with van der Waals surface area (Å²) in [6.07, 6.45) is 2.17. The molecule has 182 valence electrons. The van der Waals surface area contributed by atoms with E-state index in [4.69, 9.17) is 0 Å². The molecule has 2 aromatic rings. The SMILES string of the molecule is C.C.CC.CC.CCc1ccc(C)c(C(C)C)c1.CCc1ccc(C)c(C(C)C)n1.[B].[B]. The second-order valence-electron chi connectivity index (χ2n) is 7.21. The van der Waals surface area contributed by atoms with Gasteiger partial charge in [-0.2, -0.15) is 0 Å². The smallest absolute Gasteiger partial charge is 0.0461 e. The van der Waals surface area contributed by atoms with Crippen molar-refractivity contribution in [1.82, 2.24) is 4.98 Å². The minimum atomic E-state index is 0. The fourth-order valence-corrected chi connectivity index (χ4v) is 2.90. The van der Waals surface area contributed by atoms with Crippen molar-refractivity contribution in [1.29, 1.82) is 0 Å². The molecule has 2 rings (SSSR count). The summed E-state index contributed by atoms with van der Waals surface area (Å²) in [7, 11) is 0. The summed E-state index contributed by atoms with van der Waals surface area (Å²) >= 11 is 0. The third-order valence-corrected chi connectivity index (χ3v) is 4.48. The lowest BCUT2D eigenvalue weighted by Gasteiger charge is -2.10. The zero-order chi connectivity index (χ0) is 22.3. The summed E-state index contributed by atoms with van der Waals surface area (Å²) in [5.74, 6) is 1.19. The molecule has 0 atom stereocenters. The van der Waals surface area contributed by atoms with Crippen molar-refractivity contribution in [3.8, 4) is 0 Å². The topological polar surface area (TPSA) is 12.9 Å². The zero-order valence-electron chi connectivity index (χ0n) is 22.1. The Morgan fingerprint density at radius 3 is 1.53 bits per heavy atom. The third kappa shape index (κ3) is 16.2. The highest BCUT2D eigenvalue weighted by Gasteiger charge is 2.05. The normalized spacial score (nSPS) is 8.44. The molecule has 0 amide bonds.